The summed E-state index contributed by atoms with van der Waals surface area (Å²) in [4.78, 5) is 11.6. The van der Waals surface area contributed by atoms with Crippen LogP contribution in [-0.2, 0) is 4.79 Å². The molecule has 0 aliphatic heterocycles. The topological polar surface area (TPSA) is 73.1 Å². The normalized spacial score (nSPS) is 11.6. The van der Waals surface area contributed by atoms with Crippen LogP contribution in [0.5, 0.6) is 0 Å². The molecule has 2 N–H and O–H groups in total. The Hall–Kier alpha value is -1.67. The van der Waals surface area contributed by atoms with E-state index >= 15 is 0 Å². The number of carboxylic acid groups (broad SMARTS) is 1. The van der Waals surface area contributed by atoms with Gasteiger partial charge in [-0.2, -0.15) is 5.26 Å². The molecule has 1 rings (SSSR count). The summed E-state index contributed by atoms with van der Waals surface area (Å²) in [5.74, 6) is -0.0745. The number of rotatable bonds is 5. The van der Waals surface area contributed by atoms with Crippen molar-refractivity contribution in [1.29, 1.82) is 5.26 Å². The SMILES string of the molecule is CCSc1cccc(NC(C)C(=O)O)c1C#N. The summed E-state index contributed by atoms with van der Waals surface area (Å²) in [6.45, 7) is 3.55. The Morgan fingerprint density at radius 2 is 2.35 bits per heavy atom. The van der Waals surface area contributed by atoms with E-state index in [1.807, 2.05) is 19.1 Å². The average molecular weight is 250 g/mol. The maximum atomic E-state index is 10.8. The second-order valence-electron chi connectivity index (χ2n) is 3.43. The van der Waals surface area contributed by atoms with Crippen LogP contribution in [0.2, 0.25) is 0 Å². The lowest BCUT2D eigenvalue weighted by atomic mass is 10.1. The van der Waals surface area contributed by atoms with Crippen molar-refractivity contribution in [1.82, 2.24) is 0 Å². The molecule has 1 atom stereocenters. The summed E-state index contributed by atoms with van der Waals surface area (Å²) < 4.78 is 0. The molecule has 17 heavy (non-hydrogen) atoms. The van der Waals surface area contributed by atoms with Crippen molar-refractivity contribution in [3.05, 3.63) is 23.8 Å². The zero-order valence-corrected chi connectivity index (χ0v) is 10.5. The zero-order chi connectivity index (χ0) is 12.8. The molecule has 0 aliphatic rings. The Labute approximate surface area is 105 Å². The molecule has 0 aliphatic carbocycles. The second kappa shape index (κ2) is 6.16. The minimum Gasteiger partial charge on any atom is -0.480 e. The van der Waals surface area contributed by atoms with Crippen LogP contribution in [-0.4, -0.2) is 22.9 Å². The number of nitrogens with one attached hydrogen (secondary N) is 1. The van der Waals surface area contributed by atoms with Crippen LogP contribution in [0.15, 0.2) is 23.1 Å². The summed E-state index contributed by atoms with van der Waals surface area (Å²) in [5, 5.41) is 20.8. The fourth-order valence-electron chi connectivity index (χ4n) is 1.34. The van der Waals surface area contributed by atoms with Crippen molar-refractivity contribution in [3.8, 4) is 6.07 Å². The Kier molecular flexibility index (Phi) is 4.85. The summed E-state index contributed by atoms with van der Waals surface area (Å²) in [6, 6.07) is 6.80. The predicted octanol–water partition coefficient (Wildman–Crippen LogP) is 2.56. The third-order valence-electron chi connectivity index (χ3n) is 2.18. The van der Waals surface area contributed by atoms with Gasteiger partial charge in [-0.25, -0.2) is 0 Å². The van der Waals surface area contributed by atoms with Gasteiger partial charge in [0.25, 0.3) is 0 Å². The maximum Gasteiger partial charge on any atom is 0.325 e. The molecular weight excluding hydrogens is 236 g/mol. The highest BCUT2D eigenvalue weighted by Gasteiger charge is 2.14. The summed E-state index contributed by atoms with van der Waals surface area (Å²) in [6.07, 6.45) is 0. The molecule has 1 aromatic carbocycles. The number of hydrogen-bond donors (Lipinski definition) is 2. The molecule has 0 heterocycles. The van der Waals surface area contributed by atoms with Gasteiger partial charge < -0.3 is 10.4 Å². The van der Waals surface area contributed by atoms with Gasteiger partial charge in [0.1, 0.15) is 12.1 Å². The first kappa shape index (κ1) is 13.4. The van der Waals surface area contributed by atoms with Gasteiger partial charge >= 0.3 is 5.97 Å². The van der Waals surface area contributed by atoms with Crippen LogP contribution in [0.3, 0.4) is 0 Å². The number of benzene rings is 1. The summed E-state index contributed by atoms with van der Waals surface area (Å²) >= 11 is 1.57. The van der Waals surface area contributed by atoms with E-state index in [4.69, 9.17) is 10.4 Å². The number of nitriles is 1. The molecule has 1 aromatic rings. The third-order valence-corrected chi connectivity index (χ3v) is 3.12. The first-order chi connectivity index (χ1) is 8.10. The first-order valence-electron chi connectivity index (χ1n) is 5.25. The fraction of sp³-hybridized carbons (Fsp3) is 0.333. The molecule has 0 saturated carbocycles. The van der Waals surface area contributed by atoms with Crippen molar-refractivity contribution >= 4 is 23.4 Å². The molecule has 0 aromatic heterocycles. The van der Waals surface area contributed by atoms with Gasteiger partial charge in [0.2, 0.25) is 0 Å². The number of nitrogens with zero attached hydrogens (tertiary/aromatic N) is 1. The van der Waals surface area contributed by atoms with Crippen molar-refractivity contribution in [2.45, 2.75) is 24.8 Å². The molecule has 5 heteroatoms. The first-order valence-corrected chi connectivity index (χ1v) is 6.24. The molecule has 0 bridgehead atoms. The van der Waals surface area contributed by atoms with Gasteiger partial charge in [0.05, 0.1) is 11.3 Å². The molecule has 4 nitrogen and oxygen atoms in total. The summed E-state index contributed by atoms with van der Waals surface area (Å²) in [7, 11) is 0. The Morgan fingerprint density at radius 1 is 1.65 bits per heavy atom. The van der Waals surface area contributed by atoms with Gasteiger partial charge in [0.15, 0.2) is 0 Å². The molecule has 0 fully saturated rings. The van der Waals surface area contributed by atoms with Gasteiger partial charge in [-0.05, 0) is 24.8 Å². The Balaban J connectivity index is 3.04. The molecular formula is C12H14N2O2S. The van der Waals surface area contributed by atoms with E-state index in [2.05, 4.69) is 11.4 Å². The van der Waals surface area contributed by atoms with Crippen molar-refractivity contribution in [2.24, 2.45) is 0 Å². The zero-order valence-electron chi connectivity index (χ0n) is 9.73. The number of aliphatic carboxylic acids is 1. The Morgan fingerprint density at radius 3 is 2.88 bits per heavy atom. The predicted molar refractivity (Wildman–Crippen MR) is 68.3 cm³/mol. The van der Waals surface area contributed by atoms with E-state index in [0.717, 1.165) is 10.6 Å². The number of carboxylic acids is 1. The molecule has 0 spiro atoms. The quantitative estimate of drug-likeness (QED) is 0.786. The minimum absolute atomic E-state index is 0.507. The number of thioether (sulfide) groups is 1. The average Bonchev–Trinajstić information content (AvgIpc) is 2.29. The fourth-order valence-corrected chi connectivity index (χ4v) is 2.12. The summed E-state index contributed by atoms with van der Waals surface area (Å²) in [5.41, 5.74) is 1.08. The van der Waals surface area contributed by atoms with E-state index < -0.39 is 12.0 Å². The minimum atomic E-state index is -0.942. The standard InChI is InChI=1S/C12H14N2O2S/c1-3-17-11-6-4-5-10(9(11)7-13)14-8(2)12(15)16/h4-6,8,14H,3H2,1-2H3,(H,15,16). The molecule has 0 amide bonds. The Bertz CT molecular complexity index is 454. The highest BCUT2D eigenvalue weighted by atomic mass is 32.2. The van der Waals surface area contributed by atoms with E-state index in [0.29, 0.717) is 11.3 Å². The van der Waals surface area contributed by atoms with Crippen molar-refractivity contribution < 1.29 is 9.90 Å². The van der Waals surface area contributed by atoms with Crippen molar-refractivity contribution in [3.63, 3.8) is 0 Å². The van der Waals surface area contributed by atoms with Gasteiger partial charge in [-0.1, -0.05) is 13.0 Å². The largest absolute Gasteiger partial charge is 0.480 e. The maximum absolute atomic E-state index is 10.8. The molecule has 1 unspecified atom stereocenters. The van der Waals surface area contributed by atoms with Crippen LogP contribution in [0.25, 0.3) is 0 Å². The smallest absolute Gasteiger partial charge is 0.325 e. The highest BCUT2D eigenvalue weighted by Crippen LogP contribution is 2.28. The van der Waals surface area contributed by atoms with Gasteiger partial charge in [-0.3, -0.25) is 4.79 Å². The van der Waals surface area contributed by atoms with Gasteiger partial charge in [-0.15, -0.1) is 11.8 Å². The molecule has 90 valence electrons. The highest BCUT2D eigenvalue weighted by molar-refractivity contribution is 7.99. The van der Waals surface area contributed by atoms with Gasteiger partial charge in [0, 0.05) is 4.90 Å². The number of hydrogen-bond acceptors (Lipinski definition) is 4. The van der Waals surface area contributed by atoms with Crippen LogP contribution in [0, 0.1) is 11.3 Å². The van der Waals surface area contributed by atoms with E-state index in [9.17, 15) is 4.79 Å². The second-order valence-corrected chi connectivity index (χ2v) is 4.73. The number of carbonyl (C=O) groups is 1. The van der Waals surface area contributed by atoms with E-state index in [1.54, 1.807) is 24.8 Å². The lowest BCUT2D eigenvalue weighted by molar-refractivity contribution is -0.137. The van der Waals surface area contributed by atoms with Crippen molar-refractivity contribution in [2.75, 3.05) is 11.1 Å². The van der Waals surface area contributed by atoms with Crippen LogP contribution in [0.1, 0.15) is 19.4 Å². The van der Waals surface area contributed by atoms with Crippen LogP contribution >= 0.6 is 11.8 Å². The van der Waals surface area contributed by atoms with Crippen LogP contribution in [0.4, 0.5) is 5.69 Å². The lowest BCUT2D eigenvalue weighted by Gasteiger charge is -2.13. The monoisotopic (exact) mass is 250 g/mol. The van der Waals surface area contributed by atoms with E-state index in [-0.39, 0.29) is 0 Å². The van der Waals surface area contributed by atoms with Crippen LogP contribution < -0.4 is 5.32 Å². The number of anilines is 1. The lowest BCUT2D eigenvalue weighted by Crippen LogP contribution is -2.25. The van der Waals surface area contributed by atoms with E-state index in [1.165, 1.54) is 0 Å². The molecule has 0 saturated heterocycles. The molecule has 0 radical (unpaired) electrons. The third kappa shape index (κ3) is 3.40.